The molecule has 8 nitrogen and oxygen atoms in total. The first kappa shape index (κ1) is 26.0. The van der Waals surface area contributed by atoms with Gasteiger partial charge in [-0.05, 0) is 43.3 Å². The number of halogens is 2. The zero-order chi connectivity index (χ0) is 28.1. The highest BCUT2D eigenvalue weighted by molar-refractivity contribution is 7.90. The van der Waals surface area contributed by atoms with Crippen molar-refractivity contribution in [3.63, 3.8) is 0 Å². The van der Waals surface area contributed by atoms with Gasteiger partial charge in [0.05, 0.1) is 17.7 Å². The Balaban J connectivity index is 1.76. The van der Waals surface area contributed by atoms with Crippen LogP contribution < -0.4 is 20.8 Å². The summed E-state index contributed by atoms with van der Waals surface area (Å²) in [5.74, 6) is -1.65. The monoisotopic (exact) mass is 551 g/mol. The van der Waals surface area contributed by atoms with Crippen molar-refractivity contribution in [1.82, 2.24) is 8.54 Å². The van der Waals surface area contributed by atoms with Gasteiger partial charge in [-0.1, -0.05) is 17.7 Å². The molecule has 0 spiro atoms. The lowest BCUT2D eigenvalue weighted by Gasteiger charge is -2.17. The van der Waals surface area contributed by atoms with Crippen molar-refractivity contribution in [2.45, 2.75) is 11.8 Å². The normalized spacial score (nSPS) is 11.6. The Morgan fingerprint density at radius 2 is 1.62 bits per heavy atom. The van der Waals surface area contributed by atoms with E-state index in [0.29, 0.717) is 22.6 Å². The lowest BCUT2D eigenvalue weighted by Crippen LogP contribution is -2.22. The molecule has 3 aromatic carbocycles. The van der Waals surface area contributed by atoms with Crippen LogP contribution in [0.3, 0.4) is 0 Å². The molecule has 200 valence electrons. The fourth-order valence-electron chi connectivity index (χ4n) is 4.29. The molecule has 0 aliphatic rings. The van der Waals surface area contributed by atoms with E-state index in [2.05, 4.69) is 0 Å². The Labute approximate surface area is 222 Å². The second-order valence-electron chi connectivity index (χ2n) is 8.92. The SMILES string of the molecule is COc1cc(Oc2ccc(F)cc2F)c(-c2cn(C)c(=O)c3c2ccn3S(=O)(=O)c2ccc(C)cc2)cc1N. The molecule has 39 heavy (non-hydrogen) atoms. The largest absolute Gasteiger partial charge is 0.494 e. The molecule has 0 fully saturated rings. The van der Waals surface area contributed by atoms with Crippen molar-refractivity contribution in [3.8, 4) is 28.4 Å². The first-order valence-corrected chi connectivity index (χ1v) is 13.1. The number of aryl methyl sites for hydroxylation is 2. The average Bonchev–Trinajstić information content (AvgIpc) is 3.35. The maximum Gasteiger partial charge on any atom is 0.275 e. The van der Waals surface area contributed by atoms with Gasteiger partial charge in [0, 0.05) is 48.1 Å². The zero-order valence-corrected chi connectivity index (χ0v) is 21.9. The molecule has 0 radical (unpaired) electrons. The van der Waals surface area contributed by atoms with E-state index in [0.717, 1.165) is 21.7 Å². The van der Waals surface area contributed by atoms with Gasteiger partial charge < -0.3 is 19.8 Å². The molecule has 11 heteroatoms. The Morgan fingerprint density at radius 3 is 2.28 bits per heavy atom. The summed E-state index contributed by atoms with van der Waals surface area (Å²) in [5, 5.41) is 0.294. The Kier molecular flexibility index (Phi) is 6.39. The van der Waals surface area contributed by atoms with Crippen LogP contribution in [0.5, 0.6) is 17.2 Å². The van der Waals surface area contributed by atoms with Gasteiger partial charge >= 0.3 is 0 Å². The molecule has 5 aromatic rings. The number of methoxy groups -OCH3 is 1. The quantitative estimate of drug-likeness (QED) is 0.291. The second-order valence-corrected chi connectivity index (χ2v) is 10.7. The van der Waals surface area contributed by atoms with Crippen LogP contribution in [0.25, 0.3) is 22.0 Å². The summed E-state index contributed by atoms with van der Waals surface area (Å²) in [4.78, 5) is 13.3. The van der Waals surface area contributed by atoms with Crippen LogP contribution in [0.15, 0.2) is 82.7 Å². The van der Waals surface area contributed by atoms with Crippen molar-refractivity contribution in [2.75, 3.05) is 12.8 Å². The number of ether oxygens (including phenoxy) is 2. The van der Waals surface area contributed by atoms with Crippen molar-refractivity contribution < 1.29 is 26.7 Å². The topological polar surface area (TPSA) is 106 Å². The number of aromatic nitrogens is 2. The number of nitrogen functional groups attached to an aromatic ring is 1. The summed E-state index contributed by atoms with van der Waals surface area (Å²) in [7, 11) is -1.24. The number of rotatable bonds is 6. The van der Waals surface area contributed by atoms with Gasteiger partial charge in [-0.15, -0.1) is 0 Å². The van der Waals surface area contributed by atoms with E-state index in [1.54, 1.807) is 12.1 Å². The van der Waals surface area contributed by atoms with Crippen molar-refractivity contribution >= 4 is 26.6 Å². The summed E-state index contributed by atoms with van der Waals surface area (Å²) in [6.07, 6.45) is 2.81. The lowest BCUT2D eigenvalue weighted by atomic mass is 10.0. The smallest absolute Gasteiger partial charge is 0.275 e. The molecule has 0 saturated carbocycles. The van der Waals surface area contributed by atoms with Gasteiger partial charge in [0.25, 0.3) is 15.6 Å². The Hall–Kier alpha value is -4.64. The van der Waals surface area contributed by atoms with Crippen molar-refractivity contribution in [2.24, 2.45) is 7.05 Å². The predicted molar refractivity (Wildman–Crippen MR) is 144 cm³/mol. The number of nitrogens with two attached hydrogens (primary N) is 1. The van der Waals surface area contributed by atoms with Crippen LogP contribution in [0.1, 0.15) is 5.56 Å². The van der Waals surface area contributed by atoms with Crippen LogP contribution in [0, 0.1) is 18.6 Å². The third-order valence-corrected chi connectivity index (χ3v) is 7.99. The predicted octanol–water partition coefficient (Wildman–Crippen LogP) is 5.21. The third-order valence-electron chi connectivity index (χ3n) is 6.30. The maximum atomic E-state index is 14.5. The summed E-state index contributed by atoms with van der Waals surface area (Å²) in [5.41, 5.74) is 7.34. The highest BCUT2D eigenvalue weighted by Gasteiger charge is 2.25. The number of nitrogens with zero attached hydrogens (tertiary/aromatic N) is 2. The van der Waals surface area contributed by atoms with E-state index >= 15 is 0 Å². The van der Waals surface area contributed by atoms with E-state index in [9.17, 15) is 22.0 Å². The number of anilines is 1. The first-order valence-electron chi connectivity index (χ1n) is 11.6. The number of hydrogen-bond acceptors (Lipinski definition) is 6. The lowest BCUT2D eigenvalue weighted by molar-refractivity contribution is 0.407. The van der Waals surface area contributed by atoms with Crippen LogP contribution in [0.2, 0.25) is 0 Å². The molecule has 0 saturated heterocycles. The molecular weight excluding hydrogens is 528 g/mol. The van der Waals surface area contributed by atoms with Gasteiger partial charge in [-0.2, -0.15) is 0 Å². The highest BCUT2D eigenvalue weighted by atomic mass is 32.2. The summed E-state index contributed by atoms with van der Waals surface area (Å²) < 4.78 is 68.3. The third kappa shape index (κ3) is 4.50. The fourth-order valence-corrected chi connectivity index (χ4v) is 5.64. The minimum absolute atomic E-state index is 0.0163. The van der Waals surface area contributed by atoms with E-state index in [1.165, 1.54) is 61.5 Å². The summed E-state index contributed by atoms with van der Waals surface area (Å²) >= 11 is 0. The van der Waals surface area contributed by atoms with E-state index in [1.807, 2.05) is 6.92 Å². The number of benzene rings is 3. The molecule has 0 unspecified atom stereocenters. The molecule has 0 aliphatic carbocycles. The van der Waals surface area contributed by atoms with E-state index in [4.69, 9.17) is 15.2 Å². The summed E-state index contributed by atoms with van der Waals surface area (Å²) in [6, 6.07) is 13.6. The van der Waals surface area contributed by atoms with Gasteiger partial charge in [0.1, 0.15) is 22.8 Å². The maximum absolute atomic E-state index is 14.5. The van der Waals surface area contributed by atoms with Crippen molar-refractivity contribution in [3.05, 3.63) is 101 Å². The van der Waals surface area contributed by atoms with Crippen molar-refractivity contribution in [1.29, 1.82) is 0 Å². The van der Waals surface area contributed by atoms with Crippen LogP contribution in [-0.2, 0) is 17.1 Å². The van der Waals surface area contributed by atoms with Crippen LogP contribution in [-0.4, -0.2) is 24.1 Å². The molecule has 0 aliphatic heterocycles. The van der Waals surface area contributed by atoms with Crippen LogP contribution >= 0.6 is 0 Å². The number of hydrogen-bond donors (Lipinski definition) is 1. The molecule has 2 heterocycles. The van der Waals surface area contributed by atoms with E-state index < -0.39 is 27.2 Å². The van der Waals surface area contributed by atoms with Gasteiger partial charge in [-0.25, -0.2) is 21.2 Å². The molecule has 5 rings (SSSR count). The average molecular weight is 552 g/mol. The van der Waals surface area contributed by atoms with Gasteiger partial charge in [0.2, 0.25) is 0 Å². The minimum atomic E-state index is -4.12. The van der Waals surface area contributed by atoms with Crippen LogP contribution in [0.4, 0.5) is 14.5 Å². The fraction of sp³-hybridized carbons (Fsp3) is 0.107. The molecule has 2 aromatic heterocycles. The minimum Gasteiger partial charge on any atom is -0.494 e. The summed E-state index contributed by atoms with van der Waals surface area (Å²) in [6.45, 7) is 1.83. The molecule has 0 amide bonds. The molecular formula is C28H23F2N3O5S. The molecule has 0 atom stereocenters. The standard InChI is InChI=1S/C28H23F2N3O5S/c1-16-4-7-18(8-5-16)39(35,36)33-11-10-19-21(15-32(2)28(34)27(19)33)20-13-23(31)26(37-3)14-25(20)38-24-9-6-17(29)12-22(24)30/h4-15H,31H2,1-3H3. The second kappa shape index (κ2) is 9.59. The van der Waals surface area contributed by atoms with Gasteiger partial charge in [-0.3, -0.25) is 4.79 Å². The first-order chi connectivity index (χ1) is 18.5. The Morgan fingerprint density at radius 1 is 0.897 bits per heavy atom. The highest BCUT2D eigenvalue weighted by Crippen LogP contribution is 2.42. The van der Waals surface area contributed by atoms with E-state index in [-0.39, 0.29) is 33.3 Å². The number of pyridine rings is 1. The van der Waals surface area contributed by atoms with Gasteiger partial charge in [0.15, 0.2) is 11.6 Å². The zero-order valence-electron chi connectivity index (χ0n) is 21.1. The number of fused-ring (bicyclic) bond motifs is 1. The molecule has 0 bridgehead atoms. The molecule has 2 N–H and O–H groups in total. The Bertz CT molecular complexity index is 1910.